The lowest BCUT2D eigenvalue weighted by molar-refractivity contribution is -0.134. The van der Waals surface area contributed by atoms with Gasteiger partial charge in [-0.2, -0.15) is 4.31 Å². The predicted molar refractivity (Wildman–Crippen MR) is 132 cm³/mol. The van der Waals surface area contributed by atoms with Gasteiger partial charge >= 0.3 is 0 Å². The van der Waals surface area contributed by atoms with Gasteiger partial charge in [0.15, 0.2) is 0 Å². The summed E-state index contributed by atoms with van der Waals surface area (Å²) in [5.74, 6) is 0.714. The van der Waals surface area contributed by atoms with Crippen molar-refractivity contribution in [2.24, 2.45) is 5.92 Å². The number of nitrogens with one attached hydrogen (secondary N) is 1. The number of amides is 2. The lowest BCUT2D eigenvalue weighted by atomic mass is 9.86. The molecule has 1 aromatic rings. The molecule has 0 bridgehead atoms. The van der Waals surface area contributed by atoms with Crippen molar-refractivity contribution in [1.82, 2.24) is 14.1 Å². The van der Waals surface area contributed by atoms with Crippen LogP contribution in [0.3, 0.4) is 0 Å². The zero-order chi connectivity index (χ0) is 24.0. The highest BCUT2D eigenvalue weighted by atomic mass is 32.2. The molecule has 2 saturated heterocycles. The van der Waals surface area contributed by atoms with Crippen LogP contribution in [-0.2, 0) is 19.6 Å². The number of anilines is 1. The Morgan fingerprint density at radius 3 is 2.32 bits per heavy atom. The maximum atomic E-state index is 12.8. The molecule has 2 aliphatic heterocycles. The van der Waals surface area contributed by atoms with Crippen molar-refractivity contribution in [2.75, 3.05) is 51.1 Å². The van der Waals surface area contributed by atoms with E-state index in [1.54, 1.807) is 24.3 Å². The largest absolute Gasteiger partial charge is 0.340 e. The van der Waals surface area contributed by atoms with Gasteiger partial charge < -0.3 is 10.2 Å². The van der Waals surface area contributed by atoms with Crippen LogP contribution in [0, 0.1) is 5.92 Å². The standard InChI is InChI=1S/C25H38N4O4S/c30-24(26-22-9-6-10-23(20-22)34(32,33)29-12-4-5-13-29)11-14-27-15-17-28(18-16-27)25(31)19-21-7-2-1-3-8-21/h6,9-10,20-21H,1-5,7-8,11-19H2,(H,26,30). The topological polar surface area (TPSA) is 90.0 Å². The fourth-order valence-corrected chi connectivity index (χ4v) is 6.85. The van der Waals surface area contributed by atoms with Gasteiger partial charge in [0.1, 0.15) is 0 Å². The average Bonchev–Trinajstić information content (AvgIpc) is 3.40. The molecular formula is C25H38N4O4S. The van der Waals surface area contributed by atoms with E-state index in [9.17, 15) is 18.0 Å². The van der Waals surface area contributed by atoms with E-state index < -0.39 is 10.0 Å². The quantitative estimate of drug-likeness (QED) is 0.605. The Kier molecular flexibility index (Phi) is 8.60. The first kappa shape index (κ1) is 25.1. The van der Waals surface area contributed by atoms with E-state index in [1.165, 1.54) is 36.4 Å². The monoisotopic (exact) mass is 490 g/mol. The van der Waals surface area contributed by atoms with E-state index in [4.69, 9.17) is 0 Å². The minimum atomic E-state index is -3.51. The van der Waals surface area contributed by atoms with Gasteiger partial charge in [0.05, 0.1) is 4.90 Å². The van der Waals surface area contributed by atoms with Crippen molar-refractivity contribution < 1.29 is 18.0 Å². The molecule has 0 spiro atoms. The molecule has 0 aromatic heterocycles. The molecule has 0 radical (unpaired) electrons. The lowest BCUT2D eigenvalue weighted by Gasteiger charge is -2.35. The fourth-order valence-electron chi connectivity index (χ4n) is 5.28. The van der Waals surface area contributed by atoms with Crippen LogP contribution in [0.5, 0.6) is 0 Å². The Labute approximate surface area is 203 Å². The van der Waals surface area contributed by atoms with Gasteiger partial charge in [0.25, 0.3) is 0 Å². The highest BCUT2D eigenvalue weighted by molar-refractivity contribution is 7.89. The van der Waals surface area contributed by atoms with Gasteiger partial charge in [-0.25, -0.2) is 8.42 Å². The summed E-state index contributed by atoms with van der Waals surface area (Å²) in [5.41, 5.74) is 0.503. The van der Waals surface area contributed by atoms with Crippen LogP contribution in [0.15, 0.2) is 29.2 Å². The molecule has 3 aliphatic rings. The van der Waals surface area contributed by atoms with Crippen molar-refractivity contribution in [2.45, 2.75) is 62.7 Å². The maximum Gasteiger partial charge on any atom is 0.243 e. The van der Waals surface area contributed by atoms with E-state index in [0.29, 0.717) is 44.1 Å². The van der Waals surface area contributed by atoms with Gasteiger partial charge in [-0.3, -0.25) is 14.5 Å². The minimum absolute atomic E-state index is 0.133. The van der Waals surface area contributed by atoms with Crippen molar-refractivity contribution in [3.8, 4) is 0 Å². The Balaban J connectivity index is 1.19. The molecule has 3 fully saturated rings. The second-order valence-electron chi connectivity index (χ2n) is 9.87. The second-order valence-corrected chi connectivity index (χ2v) is 11.8. The first-order valence-corrected chi connectivity index (χ1v) is 14.3. The molecule has 0 atom stereocenters. The third-order valence-corrected chi connectivity index (χ3v) is 9.28. The summed E-state index contributed by atoms with van der Waals surface area (Å²) in [5, 5.41) is 2.84. The predicted octanol–water partition coefficient (Wildman–Crippen LogP) is 2.91. The van der Waals surface area contributed by atoms with Crippen LogP contribution >= 0.6 is 0 Å². The van der Waals surface area contributed by atoms with E-state index in [0.717, 1.165) is 39.0 Å². The molecule has 8 nitrogen and oxygen atoms in total. The fraction of sp³-hybridized carbons (Fsp3) is 0.680. The van der Waals surface area contributed by atoms with Crippen molar-refractivity contribution in [3.63, 3.8) is 0 Å². The minimum Gasteiger partial charge on any atom is -0.340 e. The molecule has 0 unspecified atom stereocenters. The van der Waals surface area contributed by atoms with Gasteiger partial charge in [0.2, 0.25) is 21.8 Å². The van der Waals surface area contributed by atoms with Crippen LogP contribution < -0.4 is 5.32 Å². The first-order chi connectivity index (χ1) is 16.4. The molecule has 34 heavy (non-hydrogen) atoms. The molecule has 1 saturated carbocycles. The van der Waals surface area contributed by atoms with Crippen molar-refractivity contribution in [3.05, 3.63) is 24.3 Å². The highest BCUT2D eigenvalue weighted by Gasteiger charge is 2.28. The van der Waals surface area contributed by atoms with Crippen LogP contribution in [-0.4, -0.2) is 80.2 Å². The molecule has 4 rings (SSSR count). The molecule has 9 heteroatoms. The smallest absolute Gasteiger partial charge is 0.243 e. The van der Waals surface area contributed by atoms with E-state index in [-0.39, 0.29) is 16.7 Å². The lowest BCUT2D eigenvalue weighted by Crippen LogP contribution is -2.49. The number of hydrogen-bond acceptors (Lipinski definition) is 5. The summed E-state index contributed by atoms with van der Waals surface area (Å²) < 4.78 is 27.0. The molecule has 2 heterocycles. The highest BCUT2D eigenvalue weighted by Crippen LogP contribution is 2.27. The number of nitrogens with zero attached hydrogens (tertiary/aromatic N) is 3. The average molecular weight is 491 g/mol. The van der Waals surface area contributed by atoms with Gasteiger partial charge in [-0.15, -0.1) is 0 Å². The molecular weight excluding hydrogens is 452 g/mol. The number of hydrogen-bond donors (Lipinski definition) is 1. The first-order valence-electron chi connectivity index (χ1n) is 12.8. The Hall–Kier alpha value is -1.97. The van der Waals surface area contributed by atoms with Crippen LogP contribution in [0.4, 0.5) is 5.69 Å². The number of rotatable bonds is 8. The summed E-state index contributed by atoms with van der Waals surface area (Å²) in [6.07, 6.45) is 8.99. The summed E-state index contributed by atoms with van der Waals surface area (Å²) in [6.45, 7) is 4.76. The molecule has 1 N–H and O–H groups in total. The van der Waals surface area contributed by atoms with Gasteiger partial charge in [-0.1, -0.05) is 25.3 Å². The third kappa shape index (κ3) is 6.58. The SMILES string of the molecule is O=C(CCN1CCN(C(=O)CC2CCCCC2)CC1)Nc1cccc(S(=O)(=O)N2CCCC2)c1. The molecule has 1 aromatic carbocycles. The number of sulfonamides is 1. The van der Waals surface area contributed by atoms with Crippen molar-refractivity contribution in [1.29, 1.82) is 0 Å². The van der Waals surface area contributed by atoms with Crippen LogP contribution in [0.2, 0.25) is 0 Å². The summed E-state index contributed by atoms with van der Waals surface area (Å²) in [4.78, 5) is 29.6. The van der Waals surface area contributed by atoms with E-state index in [2.05, 4.69) is 10.2 Å². The van der Waals surface area contributed by atoms with Crippen LogP contribution in [0.1, 0.15) is 57.8 Å². The molecule has 1 aliphatic carbocycles. The third-order valence-electron chi connectivity index (χ3n) is 7.39. The van der Waals surface area contributed by atoms with E-state index >= 15 is 0 Å². The second kappa shape index (κ2) is 11.6. The molecule has 2 amide bonds. The Morgan fingerprint density at radius 1 is 0.912 bits per heavy atom. The maximum absolute atomic E-state index is 12.8. The van der Waals surface area contributed by atoms with Crippen LogP contribution in [0.25, 0.3) is 0 Å². The van der Waals surface area contributed by atoms with Gasteiger partial charge in [0, 0.05) is 64.3 Å². The molecule has 188 valence electrons. The Bertz CT molecular complexity index is 947. The number of carbonyl (C=O) groups is 2. The summed E-state index contributed by atoms with van der Waals surface area (Å²) in [6, 6.07) is 6.51. The Morgan fingerprint density at radius 2 is 1.62 bits per heavy atom. The summed E-state index contributed by atoms with van der Waals surface area (Å²) >= 11 is 0. The zero-order valence-corrected chi connectivity index (χ0v) is 20.9. The number of benzene rings is 1. The normalized spacial score (nSPS) is 21.0. The zero-order valence-electron chi connectivity index (χ0n) is 20.1. The summed E-state index contributed by atoms with van der Waals surface area (Å²) in [7, 11) is -3.51. The number of piperazine rings is 1. The van der Waals surface area contributed by atoms with E-state index in [1.807, 2.05) is 4.90 Å². The van der Waals surface area contributed by atoms with Gasteiger partial charge in [-0.05, 0) is 49.8 Å². The van der Waals surface area contributed by atoms with Crippen molar-refractivity contribution >= 4 is 27.5 Å². The number of carbonyl (C=O) groups excluding carboxylic acids is 2.